The number of aromatic nitrogens is 2. The average Bonchev–Trinajstić information content (AvgIpc) is 2.57. The van der Waals surface area contributed by atoms with Gasteiger partial charge in [0.15, 0.2) is 0 Å². The van der Waals surface area contributed by atoms with E-state index in [-0.39, 0.29) is 0 Å². The van der Waals surface area contributed by atoms with Crippen molar-refractivity contribution >= 4 is 32.9 Å². The second-order valence-corrected chi connectivity index (χ2v) is 3.79. The lowest BCUT2D eigenvalue weighted by Gasteiger charge is -1.96. The number of allylic oxidation sites excluding steroid dienone is 1. The van der Waals surface area contributed by atoms with Crippen molar-refractivity contribution in [3.05, 3.63) is 36.0 Å². The molecular weight excluding hydrogens is 240 g/mol. The summed E-state index contributed by atoms with van der Waals surface area (Å²) in [5.74, 6) is 0. The van der Waals surface area contributed by atoms with Crippen LogP contribution in [0.25, 0.3) is 17.0 Å². The summed E-state index contributed by atoms with van der Waals surface area (Å²) < 4.78 is 1.89. The number of benzene rings is 1. The molecule has 72 valence electrons. The third kappa shape index (κ3) is 1.73. The quantitative estimate of drug-likeness (QED) is 0.750. The molecule has 0 saturated carbocycles. The normalized spacial score (nSPS) is 11.6. The van der Waals surface area contributed by atoms with E-state index in [0.29, 0.717) is 0 Å². The van der Waals surface area contributed by atoms with Crippen molar-refractivity contribution < 1.29 is 0 Å². The maximum atomic E-state index is 4.20. The third-order valence-corrected chi connectivity index (χ3v) is 2.55. The molecule has 0 spiro atoms. The molecule has 1 aromatic heterocycles. The molecule has 2 aromatic rings. The van der Waals surface area contributed by atoms with Gasteiger partial charge in [0, 0.05) is 17.8 Å². The highest BCUT2D eigenvalue weighted by molar-refractivity contribution is 9.09. The van der Waals surface area contributed by atoms with Crippen molar-refractivity contribution in [2.45, 2.75) is 0 Å². The van der Waals surface area contributed by atoms with Crippen LogP contribution in [0.1, 0.15) is 5.56 Å². The minimum absolute atomic E-state index is 0.885. The van der Waals surface area contributed by atoms with Gasteiger partial charge in [-0.05, 0) is 11.6 Å². The second-order valence-electron chi connectivity index (χ2n) is 3.14. The minimum Gasteiger partial charge on any atom is -0.268 e. The van der Waals surface area contributed by atoms with Crippen LogP contribution in [0, 0.1) is 0 Å². The zero-order chi connectivity index (χ0) is 9.97. The first-order valence-electron chi connectivity index (χ1n) is 4.45. The third-order valence-electron chi connectivity index (χ3n) is 2.17. The van der Waals surface area contributed by atoms with Gasteiger partial charge >= 0.3 is 0 Å². The Bertz CT molecular complexity index is 471. The molecule has 1 aromatic carbocycles. The van der Waals surface area contributed by atoms with Gasteiger partial charge in [0.25, 0.3) is 0 Å². The van der Waals surface area contributed by atoms with Gasteiger partial charge in [0.05, 0.1) is 11.7 Å². The van der Waals surface area contributed by atoms with E-state index >= 15 is 0 Å². The molecule has 0 amide bonds. The fraction of sp³-hybridized carbons (Fsp3) is 0.182. The van der Waals surface area contributed by atoms with E-state index in [0.717, 1.165) is 5.33 Å². The zero-order valence-corrected chi connectivity index (χ0v) is 9.53. The first kappa shape index (κ1) is 9.46. The van der Waals surface area contributed by atoms with E-state index in [1.807, 2.05) is 17.9 Å². The number of alkyl halides is 1. The van der Waals surface area contributed by atoms with Gasteiger partial charge in [-0.3, -0.25) is 4.68 Å². The zero-order valence-electron chi connectivity index (χ0n) is 7.94. The van der Waals surface area contributed by atoms with Crippen molar-refractivity contribution in [2.75, 3.05) is 5.33 Å². The molecule has 3 heteroatoms. The number of aryl methyl sites for hydroxylation is 1. The molecule has 2 rings (SSSR count). The summed E-state index contributed by atoms with van der Waals surface area (Å²) in [7, 11) is 1.96. The number of fused-ring (bicyclic) bond motifs is 1. The van der Waals surface area contributed by atoms with Gasteiger partial charge < -0.3 is 0 Å². The van der Waals surface area contributed by atoms with E-state index in [4.69, 9.17) is 0 Å². The highest BCUT2D eigenvalue weighted by atomic mass is 79.9. The molecule has 0 atom stereocenters. The lowest BCUT2D eigenvalue weighted by Crippen LogP contribution is -1.88. The Morgan fingerprint density at radius 3 is 3.14 bits per heavy atom. The van der Waals surface area contributed by atoms with Crippen LogP contribution in [0.15, 0.2) is 30.5 Å². The van der Waals surface area contributed by atoms with Crippen LogP contribution in [0.2, 0.25) is 0 Å². The Labute approximate surface area is 91.4 Å². The van der Waals surface area contributed by atoms with E-state index in [2.05, 4.69) is 51.4 Å². The van der Waals surface area contributed by atoms with Crippen LogP contribution in [-0.2, 0) is 7.05 Å². The largest absolute Gasteiger partial charge is 0.268 e. The first-order valence-corrected chi connectivity index (χ1v) is 5.57. The molecule has 2 nitrogen and oxygen atoms in total. The Morgan fingerprint density at radius 1 is 1.50 bits per heavy atom. The number of nitrogens with zero attached hydrogens (tertiary/aromatic N) is 2. The van der Waals surface area contributed by atoms with E-state index in [1.54, 1.807) is 0 Å². The molecule has 1 heterocycles. The van der Waals surface area contributed by atoms with Crippen LogP contribution in [0.4, 0.5) is 0 Å². The average molecular weight is 251 g/mol. The smallest absolute Gasteiger partial charge is 0.0685 e. The summed E-state index contributed by atoms with van der Waals surface area (Å²) in [6.07, 6.45) is 6.06. The van der Waals surface area contributed by atoms with Crippen molar-refractivity contribution in [1.82, 2.24) is 9.78 Å². The molecule has 0 bridgehead atoms. The fourth-order valence-electron chi connectivity index (χ4n) is 1.45. The Hall–Kier alpha value is -1.09. The molecule has 0 N–H and O–H groups in total. The van der Waals surface area contributed by atoms with E-state index in [1.165, 1.54) is 16.5 Å². The first-order chi connectivity index (χ1) is 6.81. The standard InChI is InChI=1S/C11H11BrN2/c1-14-11-7-9(3-2-6-12)4-5-10(11)8-13-14/h2-5,7-8H,6H2,1H3. The van der Waals surface area contributed by atoms with Crippen molar-refractivity contribution in [3.63, 3.8) is 0 Å². The van der Waals surface area contributed by atoms with Crippen LogP contribution in [0.5, 0.6) is 0 Å². The lowest BCUT2D eigenvalue weighted by atomic mass is 10.1. The molecule has 0 unspecified atom stereocenters. The summed E-state index contributed by atoms with van der Waals surface area (Å²) in [4.78, 5) is 0. The van der Waals surface area contributed by atoms with Gasteiger partial charge in [-0.2, -0.15) is 5.10 Å². The number of halogens is 1. The van der Waals surface area contributed by atoms with Crippen LogP contribution >= 0.6 is 15.9 Å². The molecule has 0 fully saturated rings. The van der Waals surface area contributed by atoms with Gasteiger partial charge in [0.1, 0.15) is 0 Å². The summed E-state index contributed by atoms with van der Waals surface area (Å²) in [6.45, 7) is 0. The Kier molecular flexibility index (Phi) is 2.68. The SMILES string of the molecule is Cn1ncc2ccc(C=CCBr)cc21. The monoisotopic (exact) mass is 250 g/mol. The van der Waals surface area contributed by atoms with Gasteiger partial charge in [-0.15, -0.1) is 0 Å². The molecule has 0 aliphatic heterocycles. The summed E-state index contributed by atoms with van der Waals surface area (Å²) in [5.41, 5.74) is 2.38. The molecular formula is C11H11BrN2. The number of hydrogen-bond donors (Lipinski definition) is 0. The molecule has 0 radical (unpaired) electrons. The summed E-state index contributed by atoms with van der Waals surface area (Å²) >= 11 is 3.36. The Balaban J connectivity index is 2.49. The molecule has 0 aliphatic carbocycles. The van der Waals surface area contributed by atoms with E-state index in [9.17, 15) is 0 Å². The van der Waals surface area contributed by atoms with Crippen LogP contribution in [-0.4, -0.2) is 15.1 Å². The maximum absolute atomic E-state index is 4.20. The molecule has 14 heavy (non-hydrogen) atoms. The van der Waals surface area contributed by atoms with Gasteiger partial charge in [-0.25, -0.2) is 0 Å². The predicted octanol–water partition coefficient (Wildman–Crippen LogP) is 2.98. The van der Waals surface area contributed by atoms with Crippen molar-refractivity contribution in [2.24, 2.45) is 7.05 Å². The topological polar surface area (TPSA) is 17.8 Å². The molecule has 0 aliphatic rings. The van der Waals surface area contributed by atoms with Crippen molar-refractivity contribution in [1.29, 1.82) is 0 Å². The molecule has 0 saturated heterocycles. The highest BCUT2D eigenvalue weighted by Crippen LogP contribution is 2.15. The van der Waals surface area contributed by atoms with E-state index < -0.39 is 0 Å². The fourth-order valence-corrected chi connectivity index (χ4v) is 1.63. The van der Waals surface area contributed by atoms with Gasteiger partial charge in [0.2, 0.25) is 0 Å². The maximum Gasteiger partial charge on any atom is 0.0685 e. The lowest BCUT2D eigenvalue weighted by molar-refractivity contribution is 0.797. The number of rotatable bonds is 2. The predicted molar refractivity (Wildman–Crippen MR) is 63.5 cm³/mol. The summed E-state index contributed by atoms with van der Waals surface area (Å²) in [5, 5.41) is 6.27. The number of hydrogen-bond acceptors (Lipinski definition) is 1. The van der Waals surface area contributed by atoms with Gasteiger partial charge in [-0.1, -0.05) is 40.2 Å². The van der Waals surface area contributed by atoms with Crippen molar-refractivity contribution in [3.8, 4) is 0 Å². The summed E-state index contributed by atoms with van der Waals surface area (Å²) in [6, 6.07) is 6.33. The minimum atomic E-state index is 0.885. The highest BCUT2D eigenvalue weighted by Gasteiger charge is 1.98. The Morgan fingerprint density at radius 2 is 2.36 bits per heavy atom. The van der Waals surface area contributed by atoms with Crippen LogP contribution < -0.4 is 0 Å². The second kappa shape index (κ2) is 3.96. The van der Waals surface area contributed by atoms with Crippen LogP contribution in [0.3, 0.4) is 0 Å².